The third kappa shape index (κ3) is 1.93. The molecule has 4 heteroatoms. The minimum atomic E-state index is -2.48. The number of hydrogen-bond donors (Lipinski definition) is 1. The van der Waals surface area contributed by atoms with E-state index in [4.69, 9.17) is 5.11 Å². The van der Waals surface area contributed by atoms with E-state index in [-0.39, 0.29) is 0 Å². The SMILES string of the molecule is O=C(O)[C@@H]1CCCC[C@H]1C(F)F. The van der Waals surface area contributed by atoms with E-state index in [1.54, 1.807) is 0 Å². The van der Waals surface area contributed by atoms with Gasteiger partial charge >= 0.3 is 5.97 Å². The molecule has 0 aliphatic heterocycles. The zero-order valence-electron chi connectivity index (χ0n) is 6.67. The van der Waals surface area contributed by atoms with Gasteiger partial charge in [-0.25, -0.2) is 8.78 Å². The highest BCUT2D eigenvalue weighted by atomic mass is 19.3. The van der Waals surface area contributed by atoms with E-state index in [0.29, 0.717) is 12.8 Å². The first kappa shape index (κ1) is 9.42. The summed E-state index contributed by atoms with van der Waals surface area (Å²) in [5.74, 6) is -2.81. The largest absolute Gasteiger partial charge is 0.481 e. The summed E-state index contributed by atoms with van der Waals surface area (Å²) in [5.41, 5.74) is 0. The molecule has 0 aromatic rings. The molecule has 1 saturated carbocycles. The van der Waals surface area contributed by atoms with Gasteiger partial charge in [-0.1, -0.05) is 12.8 Å². The van der Waals surface area contributed by atoms with Gasteiger partial charge in [-0.05, 0) is 12.8 Å². The second kappa shape index (κ2) is 3.83. The fourth-order valence-electron chi connectivity index (χ4n) is 1.77. The Hall–Kier alpha value is -0.670. The first-order valence-electron chi connectivity index (χ1n) is 4.14. The maximum absolute atomic E-state index is 12.3. The lowest BCUT2D eigenvalue weighted by molar-refractivity contribution is -0.148. The van der Waals surface area contributed by atoms with Gasteiger partial charge in [0.1, 0.15) is 0 Å². The summed E-state index contributed by atoms with van der Waals surface area (Å²) in [6.45, 7) is 0. The lowest BCUT2D eigenvalue weighted by Gasteiger charge is -2.27. The maximum Gasteiger partial charge on any atom is 0.306 e. The Morgan fingerprint density at radius 2 is 1.92 bits per heavy atom. The Morgan fingerprint density at radius 3 is 2.33 bits per heavy atom. The van der Waals surface area contributed by atoms with Crippen molar-refractivity contribution in [2.45, 2.75) is 32.1 Å². The van der Waals surface area contributed by atoms with E-state index in [1.165, 1.54) is 0 Å². The molecule has 0 heterocycles. The van der Waals surface area contributed by atoms with Crippen LogP contribution in [0.1, 0.15) is 25.7 Å². The van der Waals surface area contributed by atoms with Crippen LogP contribution >= 0.6 is 0 Å². The second-order valence-electron chi connectivity index (χ2n) is 3.23. The molecule has 0 aromatic carbocycles. The van der Waals surface area contributed by atoms with Crippen LogP contribution in [0.4, 0.5) is 8.78 Å². The van der Waals surface area contributed by atoms with Crippen molar-refractivity contribution in [1.82, 2.24) is 0 Å². The molecule has 0 amide bonds. The summed E-state index contributed by atoms with van der Waals surface area (Å²) in [5, 5.41) is 8.62. The van der Waals surface area contributed by atoms with Gasteiger partial charge in [0.2, 0.25) is 6.43 Å². The first-order valence-corrected chi connectivity index (χ1v) is 4.14. The van der Waals surface area contributed by atoms with Crippen molar-refractivity contribution in [1.29, 1.82) is 0 Å². The second-order valence-corrected chi connectivity index (χ2v) is 3.23. The van der Waals surface area contributed by atoms with Crippen LogP contribution in [0.2, 0.25) is 0 Å². The molecule has 0 radical (unpaired) electrons. The molecule has 1 fully saturated rings. The molecular formula is C8H12F2O2. The molecule has 0 bridgehead atoms. The maximum atomic E-state index is 12.3. The fraction of sp³-hybridized carbons (Fsp3) is 0.875. The van der Waals surface area contributed by atoms with Gasteiger partial charge in [0.25, 0.3) is 0 Å². The Morgan fingerprint density at radius 1 is 1.33 bits per heavy atom. The molecule has 12 heavy (non-hydrogen) atoms. The van der Waals surface area contributed by atoms with Gasteiger partial charge < -0.3 is 5.11 Å². The number of alkyl halides is 2. The minimum absolute atomic E-state index is 0.356. The monoisotopic (exact) mass is 178 g/mol. The van der Waals surface area contributed by atoms with Crippen LogP contribution in [-0.2, 0) is 4.79 Å². The average molecular weight is 178 g/mol. The molecule has 70 valence electrons. The number of carboxylic acids is 1. The Kier molecular flexibility index (Phi) is 3.00. The molecular weight excluding hydrogens is 166 g/mol. The standard InChI is InChI=1S/C8H12F2O2/c9-7(10)5-3-1-2-4-6(5)8(11)12/h5-7H,1-4H2,(H,11,12)/t5-,6-/m1/s1. The zero-order chi connectivity index (χ0) is 9.14. The number of hydrogen-bond acceptors (Lipinski definition) is 1. The molecule has 2 nitrogen and oxygen atoms in total. The van der Waals surface area contributed by atoms with Gasteiger partial charge in [-0.2, -0.15) is 0 Å². The number of rotatable bonds is 2. The van der Waals surface area contributed by atoms with Gasteiger partial charge in [0.15, 0.2) is 0 Å². The quantitative estimate of drug-likeness (QED) is 0.703. The smallest absolute Gasteiger partial charge is 0.306 e. The number of carboxylic acid groups (broad SMARTS) is 1. The van der Waals surface area contributed by atoms with Crippen LogP contribution < -0.4 is 0 Å². The molecule has 0 spiro atoms. The highest BCUT2D eigenvalue weighted by molar-refractivity contribution is 5.70. The predicted octanol–water partition coefficient (Wildman–Crippen LogP) is 2.14. The zero-order valence-corrected chi connectivity index (χ0v) is 6.67. The normalized spacial score (nSPS) is 30.6. The van der Waals surface area contributed by atoms with E-state index in [9.17, 15) is 13.6 Å². The molecule has 2 atom stereocenters. The molecule has 0 saturated heterocycles. The average Bonchev–Trinajstić information content (AvgIpc) is 2.04. The summed E-state index contributed by atoms with van der Waals surface area (Å²) in [6.07, 6.45) is -0.218. The van der Waals surface area contributed by atoms with Crippen molar-refractivity contribution in [3.8, 4) is 0 Å². The van der Waals surface area contributed by atoms with Crippen molar-refractivity contribution >= 4 is 5.97 Å². The van der Waals surface area contributed by atoms with Crippen molar-refractivity contribution in [2.24, 2.45) is 11.8 Å². The van der Waals surface area contributed by atoms with Gasteiger partial charge in [0.05, 0.1) is 5.92 Å². The van der Waals surface area contributed by atoms with Gasteiger partial charge in [-0.15, -0.1) is 0 Å². The van der Waals surface area contributed by atoms with E-state index >= 15 is 0 Å². The lowest BCUT2D eigenvalue weighted by atomic mass is 9.79. The molecule has 1 N–H and O–H groups in total. The van der Waals surface area contributed by atoms with Crippen molar-refractivity contribution in [3.63, 3.8) is 0 Å². The van der Waals surface area contributed by atoms with Crippen LogP contribution in [0.15, 0.2) is 0 Å². The van der Waals surface area contributed by atoms with E-state index in [2.05, 4.69) is 0 Å². The minimum Gasteiger partial charge on any atom is -0.481 e. The summed E-state index contributed by atoms with van der Waals surface area (Å²) >= 11 is 0. The summed E-state index contributed by atoms with van der Waals surface area (Å²) in [7, 11) is 0. The van der Waals surface area contributed by atoms with Crippen LogP contribution in [0, 0.1) is 11.8 Å². The molecule has 0 aromatic heterocycles. The Labute approximate surface area is 69.6 Å². The Balaban J connectivity index is 2.60. The van der Waals surface area contributed by atoms with Gasteiger partial charge in [0, 0.05) is 5.92 Å². The van der Waals surface area contributed by atoms with Gasteiger partial charge in [-0.3, -0.25) is 4.79 Å². The first-order chi connectivity index (χ1) is 5.63. The van der Waals surface area contributed by atoms with Crippen molar-refractivity contribution in [2.75, 3.05) is 0 Å². The highest BCUT2D eigenvalue weighted by Crippen LogP contribution is 2.34. The number of aliphatic carboxylic acids is 1. The predicted molar refractivity (Wildman–Crippen MR) is 39.1 cm³/mol. The summed E-state index contributed by atoms with van der Waals surface area (Å²) in [4.78, 5) is 10.5. The van der Waals surface area contributed by atoms with Crippen LogP contribution in [0.3, 0.4) is 0 Å². The lowest BCUT2D eigenvalue weighted by Crippen LogP contribution is -2.31. The summed E-state index contributed by atoms with van der Waals surface area (Å²) in [6, 6.07) is 0. The van der Waals surface area contributed by atoms with E-state index in [1.807, 2.05) is 0 Å². The van der Waals surface area contributed by atoms with E-state index < -0.39 is 24.2 Å². The summed E-state index contributed by atoms with van der Waals surface area (Å²) < 4.78 is 24.5. The van der Waals surface area contributed by atoms with Crippen LogP contribution in [0.25, 0.3) is 0 Å². The molecule has 1 aliphatic rings. The highest BCUT2D eigenvalue weighted by Gasteiger charge is 2.36. The van der Waals surface area contributed by atoms with Crippen LogP contribution in [-0.4, -0.2) is 17.5 Å². The molecule has 1 rings (SSSR count). The molecule has 0 unspecified atom stereocenters. The number of halogens is 2. The fourth-order valence-corrected chi connectivity index (χ4v) is 1.77. The van der Waals surface area contributed by atoms with Crippen molar-refractivity contribution in [3.05, 3.63) is 0 Å². The topological polar surface area (TPSA) is 37.3 Å². The Bertz CT molecular complexity index is 170. The van der Waals surface area contributed by atoms with Crippen molar-refractivity contribution < 1.29 is 18.7 Å². The third-order valence-electron chi connectivity index (χ3n) is 2.46. The third-order valence-corrected chi connectivity index (χ3v) is 2.46. The van der Waals surface area contributed by atoms with Crippen LogP contribution in [0.5, 0.6) is 0 Å². The van der Waals surface area contributed by atoms with E-state index in [0.717, 1.165) is 12.8 Å². The number of carbonyl (C=O) groups is 1. The molecule has 1 aliphatic carbocycles.